The van der Waals surface area contributed by atoms with E-state index in [1.807, 2.05) is 115 Å². The van der Waals surface area contributed by atoms with E-state index >= 15 is 0 Å². The summed E-state index contributed by atoms with van der Waals surface area (Å²) >= 11 is 10.0. The molecule has 2 N–H and O–H groups in total. The van der Waals surface area contributed by atoms with Gasteiger partial charge in [0.2, 0.25) is 5.91 Å². The molecule has 8 heteroatoms. The molecule has 1 amide bonds. The van der Waals surface area contributed by atoms with Crippen LogP contribution in [0.1, 0.15) is 22.6 Å². The number of nitrogens with one attached hydrogen (secondary N) is 2. The van der Waals surface area contributed by atoms with E-state index in [2.05, 4.69) is 31.7 Å². The highest BCUT2D eigenvalue weighted by atomic mass is 79.9. The molecule has 0 bridgehead atoms. The van der Waals surface area contributed by atoms with Gasteiger partial charge in [-0.1, -0.05) is 103 Å². The van der Waals surface area contributed by atoms with Crippen LogP contribution in [0.5, 0.6) is 0 Å². The molecule has 0 atom stereocenters. The average molecular weight is 623 g/mol. The van der Waals surface area contributed by atoms with E-state index in [1.54, 1.807) is 10.7 Å². The monoisotopic (exact) mass is 621 g/mol. The summed E-state index contributed by atoms with van der Waals surface area (Å²) in [6.07, 6.45) is 1.72. The summed E-state index contributed by atoms with van der Waals surface area (Å²) in [5, 5.41) is 11.7. The van der Waals surface area contributed by atoms with Crippen LogP contribution in [0, 0.1) is 0 Å². The molecule has 0 saturated heterocycles. The van der Waals surface area contributed by atoms with Crippen molar-refractivity contribution in [1.29, 1.82) is 0 Å². The van der Waals surface area contributed by atoms with Crippen molar-refractivity contribution in [2.75, 3.05) is 10.6 Å². The van der Waals surface area contributed by atoms with Crippen LogP contribution in [0.15, 0.2) is 126 Å². The van der Waals surface area contributed by atoms with Gasteiger partial charge < -0.3 is 10.6 Å². The Hall–Kier alpha value is -4.46. The van der Waals surface area contributed by atoms with Crippen LogP contribution >= 0.6 is 27.5 Å². The molecular formula is C33H25BrClN5O. The maximum Gasteiger partial charge on any atom is 0.236 e. The van der Waals surface area contributed by atoms with Crippen LogP contribution < -0.4 is 10.6 Å². The highest BCUT2D eigenvalue weighted by Crippen LogP contribution is 2.31. The Morgan fingerprint density at radius 2 is 1.54 bits per heavy atom. The molecule has 6 rings (SSSR count). The van der Waals surface area contributed by atoms with E-state index in [-0.39, 0.29) is 5.91 Å². The van der Waals surface area contributed by atoms with Gasteiger partial charge in [0, 0.05) is 28.9 Å². The first-order valence-corrected chi connectivity index (χ1v) is 14.3. The highest BCUT2D eigenvalue weighted by molar-refractivity contribution is 9.10. The zero-order valence-corrected chi connectivity index (χ0v) is 24.2. The van der Waals surface area contributed by atoms with Gasteiger partial charge in [-0.3, -0.25) is 4.79 Å². The SMILES string of the molecule is O=C(Nc1cccc(CNc2cc(-c3ccccc3Cl)nc3c(Br)cnn23)c1)C(c1ccccc1)c1ccccc1. The fourth-order valence-electron chi connectivity index (χ4n) is 4.82. The van der Waals surface area contributed by atoms with Gasteiger partial charge in [-0.05, 0) is 50.8 Å². The molecule has 0 aliphatic heterocycles. The van der Waals surface area contributed by atoms with Crippen molar-refractivity contribution in [3.63, 3.8) is 0 Å². The molecule has 6 aromatic rings. The molecule has 0 unspecified atom stereocenters. The number of anilines is 2. The van der Waals surface area contributed by atoms with Gasteiger partial charge in [0.05, 0.1) is 22.3 Å². The van der Waals surface area contributed by atoms with E-state index in [1.165, 1.54) is 0 Å². The topological polar surface area (TPSA) is 71.3 Å². The minimum atomic E-state index is -0.425. The lowest BCUT2D eigenvalue weighted by atomic mass is 9.90. The third-order valence-corrected chi connectivity index (χ3v) is 7.66. The molecule has 0 radical (unpaired) electrons. The highest BCUT2D eigenvalue weighted by Gasteiger charge is 2.22. The summed E-state index contributed by atoms with van der Waals surface area (Å²) in [5.74, 6) is 0.248. The van der Waals surface area contributed by atoms with Crippen LogP contribution in [-0.2, 0) is 11.3 Å². The van der Waals surface area contributed by atoms with Crippen molar-refractivity contribution in [1.82, 2.24) is 14.6 Å². The molecule has 0 aliphatic carbocycles. The predicted molar refractivity (Wildman–Crippen MR) is 168 cm³/mol. The minimum absolute atomic E-state index is 0.0888. The quantitative estimate of drug-likeness (QED) is 0.180. The number of hydrogen-bond acceptors (Lipinski definition) is 4. The zero-order chi connectivity index (χ0) is 28.2. The fraction of sp³-hybridized carbons (Fsp3) is 0.0606. The number of amides is 1. The second-order valence-electron chi connectivity index (χ2n) is 9.53. The molecule has 41 heavy (non-hydrogen) atoms. The summed E-state index contributed by atoms with van der Waals surface area (Å²) in [4.78, 5) is 18.4. The lowest BCUT2D eigenvalue weighted by molar-refractivity contribution is -0.116. The molecule has 2 heterocycles. The van der Waals surface area contributed by atoms with Crippen LogP contribution in [0.4, 0.5) is 11.5 Å². The van der Waals surface area contributed by atoms with Gasteiger partial charge >= 0.3 is 0 Å². The predicted octanol–water partition coefficient (Wildman–Crippen LogP) is 8.19. The van der Waals surface area contributed by atoms with Gasteiger partial charge in [0.15, 0.2) is 5.65 Å². The lowest BCUT2D eigenvalue weighted by Gasteiger charge is -2.18. The van der Waals surface area contributed by atoms with Crippen molar-refractivity contribution >= 4 is 50.6 Å². The Morgan fingerprint density at radius 1 is 0.854 bits per heavy atom. The number of hydrogen-bond donors (Lipinski definition) is 2. The van der Waals surface area contributed by atoms with Gasteiger partial charge in [-0.15, -0.1) is 0 Å². The second kappa shape index (κ2) is 12.0. The smallest absolute Gasteiger partial charge is 0.236 e. The van der Waals surface area contributed by atoms with E-state index in [4.69, 9.17) is 16.6 Å². The van der Waals surface area contributed by atoms with Crippen LogP contribution in [0.25, 0.3) is 16.9 Å². The first-order chi connectivity index (χ1) is 20.1. The Labute approximate surface area is 251 Å². The molecule has 6 nitrogen and oxygen atoms in total. The Balaban J connectivity index is 1.24. The number of carbonyl (C=O) groups excluding carboxylic acids is 1. The first kappa shape index (κ1) is 26.7. The molecule has 0 aliphatic rings. The van der Waals surface area contributed by atoms with Crippen LogP contribution in [0.2, 0.25) is 5.02 Å². The van der Waals surface area contributed by atoms with Gasteiger partial charge in [-0.25, -0.2) is 4.98 Å². The van der Waals surface area contributed by atoms with Crippen molar-refractivity contribution in [3.8, 4) is 11.3 Å². The number of nitrogens with zero attached hydrogens (tertiary/aromatic N) is 3. The molecule has 2 aromatic heterocycles. The Kier molecular flexibility index (Phi) is 7.80. The number of aromatic nitrogens is 3. The van der Waals surface area contributed by atoms with Gasteiger partial charge in [-0.2, -0.15) is 9.61 Å². The summed E-state index contributed by atoms with van der Waals surface area (Å²) in [5.41, 5.74) is 5.85. The maximum atomic E-state index is 13.6. The third kappa shape index (κ3) is 5.87. The average Bonchev–Trinajstić information content (AvgIpc) is 3.38. The van der Waals surface area contributed by atoms with E-state index in [0.717, 1.165) is 43.9 Å². The second-order valence-corrected chi connectivity index (χ2v) is 10.8. The molecule has 0 spiro atoms. The molecule has 4 aromatic carbocycles. The molecule has 0 saturated carbocycles. The number of rotatable bonds is 8. The van der Waals surface area contributed by atoms with Crippen molar-refractivity contribution in [2.24, 2.45) is 0 Å². The fourth-order valence-corrected chi connectivity index (χ4v) is 5.40. The normalized spacial score (nSPS) is 11.1. The van der Waals surface area contributed by atoms with Crippen LogP contribution in [0.3, 0.4) is 0 Å². The number of halogens is 2. The van der Waals surface area contributed by atoms with E-state index in [9.17, 15) is 4.79 Å². The molecule has 202 valence electrons. The standard InChI is InChI=1S/C33H25BrClN5O/c34-27-21-37-40-30(19-29(39-32(27)40)26-16-7-8-17-28(26)35)36-20-22-10-9-15-25(18-22)38-33(41)31(23-11-3-1-4-12-23)24-13-5-2-6-14-24/h1-19,21,31,36H,20H2,(H,38,41). The lowest BCUT2D eigenvalue weighted by Crippen LogP contribution is -2.22. The summed E-state index contributed by atoms with van der Waals surface area (Å²) in [7, 11) is 0. The minimum Gasteiger partial charge on any atom is -0.366 e. The van der Waals surface area contributed by atoms with E-state index in [0.29, 0.717) is 17.2 Å². The number of carbonyl (C=O) groups is 1. The third-order valence-electron chi connectivity index (χ3n) is 6.77. The Bertz CT molecular complexity index is 1790. The van der Waals surface area contributed by atoms with Crippen molar-refractivity contribution in [3.05, 3.63) is 148 Å². The number of benzene rings is 4. The van der Waals surface area contributed by atoms with Gasteiger partial charge in [0.25, 0.3) is 0 Å². The molecule has 0 fully saturated rings. The van der Waals surface area contributed by atoms with Crippen molar-refractivity contribution < 1.29 is 4.79 Å². The summed E-state index contributed by atoms with van der Waals surface area (Å²) in [6.45, 7) is 0.503. The first-order valence-electron chi connectivity index (χ1n) is 13.1. The number of fused-ring (bicyclic) bond motifs is 1. The van der Waals surface area contributed by atoms with Crippen LogP contribution in [-0.4, -0.2) is 20.5 Å². The largest absolute Gasteiger partial charge is 0.366 e. The zero-order valence-electron chi connectivity index (χ0n) is 21.8. The summed E-state index contributed by atoms with van der Waals surface area (Å²) < 4.78 is 2.53. The summed E-state index contributed by atoms with van der Waals surface area (Å²) in [6, 6.07) is 37.1. The maximum absolute atomic E-state index is 13.6. The van der Waals surface area contributed by atoms with Gasteiger partial charge in [0.1, 0.15) is 5.82 Å². The molecular weight excluding hydrogens is 598 g/mol. The van der Waals surface area contributed by atoms with Crippen molar-refractivity contribution in [2.45, 2.75) is 12.5 Å². The Morgan fingerprint density at radius 3 is 2.24 bits per heavy atom. The van der Waals surface area contributed by atoms with E-state index < -0.39 is 5.92 Å².